The van der Waals surface area contributed by atoms with Crippen LogP contribution in [0.4, 0.5) is 0 Å². The molecule has 0 radical (unpaired) electrons. The largest absolute Gasteiger partial charge is 0.489 e. The van der Waals surface area contributed by atoms with Crippen LogP contribution in [0.25, 0.3) is 11.3 Å². The molecule has 5 nitrogen and oxygen atoms in total. The number of nitrogens with zero attached hydrogens (tertiary/aromatic N) is 2. The van der Waals surface area contributed by atoms with Crippen LogP contribution in [0.5, 0.6) is 11.6 Å². The summed E-state index contributed by atoms with van der Waals surface area (Å²) in [5.41, 5.74) is 2.21. The molecule has 0 saturated carbocycles. The molecule has 120 valence electrons. The maximum absolute atomic E-state index is 11.0. The van der Waals surface area contributed by atoms with E-state index in [1.807, 2.05) is 24.3 Å². The summed E-state index contributed by atoms with van der Waals surface area (Å²) >= 11 is 0. The third-order valence-electron chi connectivity index (χ3n) is 3.95. The number of likely N-dealkylation sites (tertiary alicyclic amines) is 1. The highest BCUT2D eigenvalue weighted by Gasteiger charge is 2.21. The fraction of sp³-hybridized carbons (Fsp3) is 0.333. The Kier molecular flexibility index (Phi) is 4.57. The van der Waals surface area contributed by atoms with E-state index in [1.165, 1.54) is 0 Å². The second-order valence-electron chi connectivity index (χ2n) is 5.76. The summed E-state index contributed by atoms with van der Waals surface area (Å²) in [7, 11) is 3.67. The molecule has 1 aromatic heterocycles. The van der Waals surface area contributed by atoms with Gasteiger partial charge in [-0.3, -0.25) is 4.79 Å². The maximum Gasteiger partial charge on any atom is 0.217 e. The molecular formula is C18H20N2O3. The number of carbonyl (C=O) groups is 1. The van der Waals surface area contributed by atoms with Crippen molar-refractivity contribution >= 4 is 6.29 Å². The standard InChI is InChI=1S/C18H20N2O3/c1-20-7-6-15(11-20)23-16-9-17(19-18(10-16)22-2)14-5-3-4-13(8-14)12-21/h3-5,8-10,12,15H,6-7,11H2,1-2H3/t15-/m0/s1. The molecule has 23 heavy (non-hydrogen) atoms. The first-order valence-electron chi connectivity index (χ1n) is 7.65. The highest BCUT2D eigenvalue weighted by Crippen LogP contribution is 2.28. The molecular weight excluding hydrogens is 292 g/mol. The Balaban J connectivity index is 1.90. The Morgan fingerprint density at radius 3 is 2.87 bits per heavy atom. The number of likely N-dealkylation sites (N-methyl/N-ethyl adjacent to an activating group) is 1. The molecule has 0 aliphatic carbocycles. The molecule has 0 bridgehead atoms. The topological polar surface area (TPSA) is 51.7 Å². The van der Waals surface area contributed by atoms with Gasteiger partial charge in [-0.2, -0.15) is 0 Å². The van der Waals surface area contributed by atoms with Gasteiger partial charge in [0.1, 0.15) is 18.1 Å². The van der Waals surface area contributed by atoms with Crippen molar-refractivity contribution in [3.8, 4) is 22.9 Å². The SMILES string of the molecule is COc1cc(O[C@H]2CCN(C)C2)cc(-c2cccc(C=O)c2)n1. The van der Waals surface area contributed by atoms with Gasteiger partial charge >= 0.3 is 0 Å². The van der Waals surface area contributed by atoms with Crippen molar-refractivity contribution in [1.29, 1.82) is 0 Å². The number of hydrogen-bond donors (Lipinski definition) is 0. The quantitative estimate of drug-likeness (QED) is 0.795. The van der Waals surface area contributed by atoms with Crippen molar-refractivity contribution in [1.82, 2.24) is 9.88 Å². The first kappa shape index (κ1) is 15.5. The molecule has 2 heterocycles. The summed E-state index contributed by atoms with van der Waals surface area (Å²) in [6, 6.07) is 11.0. The number of methoxy groups -OCH3 is 1. The fourth-order valence-electron chi connectivity index (χ4n) is 2.76. The molecule has 1 atom stereocenters. The van der Waals surface area contributed by atoms with E-state index >= 15 is 0 Å². The van der Waals surface area contributed by atoms with Gasteiger partial charge in [-0.05, 0) is 19.5 Å². The van der Waals surface area contributed by atoms with Crippen LogP contribution in [0.2, 0.25) is 0 Å². The Morgan fingerprint density at radius 2 is 2.17 bits per heavy atom. The Bertz CT molecular complexity index is 702. The third-order valence-corrected chi connectivity index (χ3v) is 3.95. The zero-order valence-corrected chi connectivity index (χ0v) is 13.4. The molecule has 0 amide bonds. The van der Waals surface area contributed by atoms with Crippen LogP contribution in [0.1, 0.15) is 16.8 Å². The van der Waals surface area contributed by atoms with Crippen molar-refractivity contribution in [2.45, 2.75) is 12.5 Å². The van der Waals surface area contributed by atoms with Crippen LogP contribution in [0.3, 0.4) is 0 Å². The molecule has 2 aromatic rings. The molecule has 0 spiro atoms. The highest BCUT2D eigenvalue weighted by atomic mass is 16.5. The van der Waals surface area contributed by atoms with Crippen LogP contribution in [-0.2, 0) is 0 Å². The van der Waals surface area contributed by atoms with Gasteiger partial charge in [-0.25, -0.2) is 4.98 Å². The molecule has 1 fully saturated rings. The van der Waals surface area contributed by atoms with Gasteiger partial charge in [0.25, 0.3) is 0 Å². The number of hydrogen-bond acceptors (Lipinski definition) is 5. The van der Waals surface area contributed by atoms with Crippen LogP contribution >= 0.6 is 0 Å². The smallest absolute Gasteiger partial charge is 0.217 e. The summed E-state index contributed by atoms with van der Waals surface area (Å²) in [6.45, 7) is 1.96. The zero-order chi connectivity index (χ0) is 16.2. The van der Waals surface area contributed by atoms with Crippen molar-refractivity contribution in [2.75, 3.05) is 27.2 Å². The number of carbonyl (C=O) groups excluding carboxylic acids is 1. The van der Waals surface area contributed by atoms with Crippen molar-refractivity contribution in [3.63, 3.8) is 0 Å². The van der Waals surface area contributed by atoms with E-state index in [0.29, 0.717) is 11.4 Å². The number of rotatable bonds is 5. The van der Waals surface area contributed by atoms with Gasteiger partial charge in [-0.15, -0.1) is 0 Å². The van der Waals surface area contributed by atoms with E-state index in [0.717, 1.165) is 42.8 Å². The maximum atomic E-state index is 11.0. The van der Waals surface area contributed by atoms with Crippen molar-refractivity contribution < 1.29 is 14.3 Å². The highest BCUT2D eigenvalue weighted by molar-refractivity contribution is 5.78. The average Bonchev–Trinajstić information content (AvgIpc) is 2.99. The lowest BCUT2D eigenvalue weighted by atomic mass is 10.1. The van der Waals surface area contributed by atoms with Gasteiger partial charge in [0, 0.05) is 36.3 Å². The van der Waals surface area contributed by atoms with Crippen LogP contribution in [-0.4, -0.2) is 49.5 Å². The number of ether oxygens (including phenoxy) is 2. The summed E-state index contributed by atoms with van der Waals surface area (Å²) < 4.78 is 11.4. The van der Waals surface area contributed by atoms with Gasteiger partial charge in [-0.1, -0.05) is 18.2 Å². The van der Waals surface area contributed by atoms with E-state index in [-0.39, 0.29) is 6.10 Å². The fourth-order valence-corrected chi connectivity index (χ4v) is 2.76. The lowest BCUT2D eigenvalue weighted by Crippen LogP contribution is -2.21. The lowest BCUT2D eigenvalue weighted by molar-refractivity contribution is 0.112. The van der Waals surface area contributed by atoms with Crippen LogP contribution in [0, 0.1) is 0 Å². The monoisotopic (exact) mass is 312 g/mol. The average molecular weight is 312 g/mol. The normalized spacial score (nSPS) is 17.9. The van der Waals surface area contributed by atoms with Gasteiger partial charge in [0.15, 0.2) is 0 Å². The van der Waals surface area contributed by atoms with E-state index in [1.54, 1.807) is 19.2 Å². The third kappa shape index (κ3) is 3.68. The first-order chi connectivity index (χ1) is 11.2. The second-order valence-corrected chi connectivity index (χ2v) is 5.76. The Labute approximate surface area is 135 Å². The summed E-state index contributed by atoms with van der Waals surface area (Å²) in [4.78, 5) is 17.7. The van der Waals surface area contributed by atoms with Gasteiger partial charge < -0.3 is 14.4 Å². The Hall–Kier alpha value is -2.40. The van der Waals surface area contributed by atoms with Crippen molar-refractivity contribution in [3.05, 3.63) is 42.0 Å². The van der Waals surface area contributed by atoms with Gasteiger partial charge in [0.2, 0.25) is 5.88 Å². The summed E-state index contributed by atoms with van der Waals surface area (Å²) in [5, 5.41) is 0. The van der Waals surface area contributed by atoms with E-state index in [9.17, 15) is 4.79 Å². The molecule has 1 aliphatic heterocycles. The minimum absolute atomic E-state index is 0.182. The predicted molar refractivity (Wildman–Crippen MR) is 88.1 cm³/mol. The van der Waals surface area contributed by atoms with E-state index < -0.39 is 0 Å². The molecule has 1 aliphatic rings. The minimum atomic E-state index is 0.182. The first-order valence-corrected chi connectivity index (χ1v) is 7.65. The Morgan fingerprint density at radius 1 is 1.30 bits per heavy atom. The molecule has 5 heteroatoms. The predicted octanol–water partition coefficient (Wildman–Crippen LogP) is 2.65. The lowest BCUT2D eigenvalue weighted by Gasteiger charge is -2.15. The molecule has 0 unspecified atom stereocenters. The molecule has 0 N–H and O–H groups in total. The second kappa shape index (κ2) is 6.79. The number of benzene rings is 1. The van der Waals surface area contributed by atoms with Crippen LogP contribution in [0.15, 0.2) is 36.4 Å². The van der Waals surface area contributed by atoms with Crippen LogP contribution < -0.4 is 9.47 Å². The summed E-state index contributed by atoms with van der Waals surface area (Å²) in [6.07, 6.45) is 2.02. The van der Waals surface area contributed by atoms with Crippen molar-refractivity contribution in [2.24, 2.45) is 0 Å². The van der Waals surface area contributed by atoms with E-state index in [4.69, 9.17) is 9.47 Å². The van der Waals surface area contributed by atoms with E-state index in [2.05, 4.69) is 16.9 Å². The number of aldehydes is 1. The molecule has 3 rings (SSSR count). The van der Waals surface area contributed by atoms with Gasteiger partial charge in [0.05, 0.1) is 12.8 Å². The number of aromatic nitrogens is 1. The number of pyridine rings is 1. The zero-order valence-electron chi connectivity index (χ0n) is 13.4. The molecule has 1 aromatic carbocycles. The molecule has 1 saturated heterocycles. The minimum Gasteiger partial charge on any atom is -0.489 e. The summed E-state index contributed by atoms with van der Waals surface area (Å²) in [5.74, 6) is 1.24.